The molecule has 0 aromatic heterocycles. The largest absolute Gasteiger partial charge is 0.756 e. The molecule has 0 aliphatic carbocycles. The number of unbranched alkanes of at least 4 members (excludes halogenated alkanes) is 5. The maximum absolute atomic E-state index is 12.4. The molecule has 43 heavy (non-hydrogen) atoms. The Kier molecular flexibility index (Phi) is 25.1. The van der Waals surface area contributed by atoms with Crippen LogP contribution in [0.3, 0.4) is 0 Å². The van der Waals surface area contributed by atoms with Crippen molar-refractivity contribution in [1.82, 2.24) is 0 Å². The summed E-state index contributed by atoms with van der Waals surface area (Å²) in [6, 6.07) is 0. The number of esters is 2. The zero-order chi connectivity index (χ0) is 32.2. The summed E-state index contributed by atoms with van der Waals surface area (Å²) in [7, 11) is 1.12. The smallest absolute Gasteiger partial charge is 0.306 e. The molecule has 0 heterocycles. The number of hydrogen-bond acceptors (Lipinski definition) is 8. The second kappa shape index (κ2) is 26.4. The molecule has 0 aromatic carbocycles. The average molecular weight is 628 g/mol. The van der Waals surface area contributed by atoms with Crippen LogP contribution in [0.15, 0.2) is 48.6 Å². The lowest BCUT2D eigenvalue weighted by Crippen LogP contribution is -2.37. The van der Waals surface area contributed by atoms with E-state index in [0.717, 1.165) is 57.8 Å². The molecule has 9 nitrogen and oxygen atoms in total. The van der Waals surface area contributed by atoms with Crippen molar-refractivity contribution in [3.05, 3.63) is 48.6 Å². The van der Waals surface area contributed by atoms with Crippen LogP contribution < -0.4 is 4.89 Å². The summed E-state index contributed by atoms with van der Waals surface area (Å²) < 4.78 is 33.3. The molecular formula is C33H58NO8P. The van der Waals surface area contributed by atoms with Gasteiger partial charge in [0.2, 0.25) is 0 Å². The molecule has 2 atom stereocenters. The number of rotatable bonds is 27. The number of phosphoric acid groups is 1. The van der Waals surface area contributed by atoms with Crippen molar-refractivity contribution in [2.24, 2.45) is 0 Å². The van der Waals surface area contributed by atoms with Crippen LogP contribution in [0.2, 0.25) is 0 Å². The fraction of sp³-hybridized carbons (Fsp3) is 0.697. The van der Waals surface area contributed by atoms with Gasteiger partial charge in [0.05, 0.1) is 27.7 Å². The normalized spacial score (nSPS) is 14.7. The second-order valence-corrected chi connectivity index (χ2v) is 12.9. The Hall–Kier alpha value is -2.03. The highest BCUT2D eigenvalue weighted by atomic mass is 31.2. The minimum Gasteiger partial charge on any atom is -0.756 e. The van der Waals surface area contributed by atoms with Crippen LogP contribution in [-0.4, -0.2) is 70.0 Å². The van der Waals surface area contributed by atoms with Crippen molar-refractivity contribution in [3.8, 4) is 0 Å². The summed E-state index contributed by atoms with van der Waals surface area (Å²) in [6.07, 6.45) is 26.4. The standard InChI is InChI=1S/C33H58NO8P/c1-6-8-10-12-13-14-15-16-17-18-19-20-21-22-24-26-33(36)42-31(29-39-32(35)25-23-11-9-7-2)30-41-43(37,38)40-28-27-34(3,4)5/h8,10,13-14,16-17,19-20,31H,6-7,9,11-12,15,18,21-30H2,1-5H3/b10-8-,14-13-,17-16-,20-19-. The van der Waals surface area contributed by atoms with Crippen LogP contribution >= 0.6 is 7.82 Å². The molecule has 0 spiro atoms. The molecule has 0 saturated carbocycles. The highest BCUT2D eigenvalue weighted by Gasteiger charge is 2.21. The number of allylic oxidation sites excluding steroid dienone is 8. The van der Waals surface area contributed by atoms with Gasteiger partial charge >= 0.3 is 11.9 Å². The van der Waals surface area contributed by atoms with E-state index >= 15 is 0 Å². The first-order valence-electron chi connectivity index (χ1n) is 15.8. The van der Waals surface area contributed by atoms with E-state index in [9.17, 15) is 19.0 Å². The van der Waals surface area contributed by atoms with Crippen molar-refractivity contribution in [1.29, 1.82) is 0 Å². The fourth-order valence-corrected chi connectivity index (χ4v) is 4.31. The van der Waals surface area contributed by atoms with Crippen LogP contribution in [0.1, 0.15) is 97.3 Å². The molecule has 0 aromatic rings. The Balaban J connectivity index is 4.52. The van der Waals surface area contributed by atoms with Gasteiger partial charge in [-0.25, -0.2) is 0 Å². The zero-order valence-electron chi connectivity index (χ0n) is 27.4. The lowest BCUT2D eigenvalue weighted by atomic mass is 10.1. The van der Waals surface area contributed by atoms with E-state index in [1.165, 1.54) is 0 Å². The number of carbonyl (C=O) groups excluding carboxylic acids is 2. The molecule has 0 fully saturated rings. The number of likely N-dealkylation sites (N-methyl/N-ethyl adjacent to an activating group) is 1. The van der Waals surface area contributed by atoms with E-state index < -0.39 is 32.5 Å². The molecule has 0 bridgehead atoms. The Morgan fingerprint density at radius 2 is 1.33 bits per heavy atom. The maximum atomic E-state index is 12.4. The zero-order valence-corrected chi connectivity index (χ0v) is 28.3. The molecule has 10 heteroatoms. The van der Waals surface area contributed by atoms with Crippen molar-refractivity contribution in [3.63, 3.8) is 0 Å². The topological polar surface area (TPSA) is 111 Å². The summed E-state index contributed by atoms with van der Waals surface area (Å²) in [5.41, 5.74) is 0. The minimum atomic E-state index is -4.61. The van der Waals surface area contributed by atoms with Gasteiger partial charge in [-0.3, -0.25) is 14.2 Å². The number of quaternary nitrogens is 1. The molecule has 0 saturated heterocycles. The number of hydrogen-bond donors (Lipinski definition) is 0. The molecule has 2 unspecified atom stereocenters. The molecule has 0 aliphatic rings. The molecular weight excluding hydrogens is 569 g/mol. The van der Waals surface area contributed by atoms with Gasteiger partial charge in [-0.05, 0) is 51.4 Å². The van der Waals surface area contributed by atoms with E-state index in [1.54, 1.807) is 0 Å². The maximum Gasteiger partial charge on any atom is 0.306 e. The first-order valence-corrected chi connectivity index (χ1v) is 17.3. The Bertz CT molecular complexity index is 892. The number of carbonyl (C=O) groups is 2. The fourth-order valence-electron chi connectivity index (χ4n) is 3.58. The van der Waals surface area contributed by atoms with Gasteiger partial charge in [-0.1, -0.05) is 81.7 Å². The van der Waals surface area contributed by atoms with Crippen LogP contribution in [0.5, 0.6) is 0 Å². The summed E-state index contributed by atoms with van der Waals surface area (Å²) in [5.74, 6) is -0.913. The van der Waals surface area contributed by atoms with E-state index in [2.05, 4.69) is 62.5 Å². The Morgan fingerprint density at radius 1 is 0.744 bits per heavy atom. The number of phosphoric ester groups is 1. The molecule has 0 amide bonds. The Morgan fingerprint density at radius 3 is 1.93 bits per heavy atom. The third-order valence-electron chi connectivity index (χ3n) is 6.11. The van der Waals surface area contributed by atoms with Crippen molar-refractivity contribution >= 4 is 19.8 Å². The highest BCUT2D eigenvalue weighted by molar-refractivity contribution is 7.45. The lowest BCUT2D eigenvalue weighted by Gasteiger charge is -2.28. The molecule has 0 radical (unpaired) electrons. The molecule has 0 N–H and O–H groups in total. The monoisotopic (exact) mass is 627 g/mol. The minimum absolute atomic E-state index is 0.0409. The van der Waals surface area contributed by atoms with Crippen LogP contribution in [0, 0.1) is 0 Å². The number of ether oxygens (including phenoxy) is 2. The summed E-state index contributed by atoms with van der Waals surface area (Å²) in [6.45, 7) is 3.87. The molecule has 0 aliphatic heterocycles. The first kappa shape index (κ1) is 41.0. The van der Waals surface area contributed by atoms with E-state index in [0.29, 0.717) is 23.9 Å². The van der Waals surface area contributed by atoms with Crippen molar-refractivity contribution in [2.45, 2.75) is 103 Å². The van der Waals surface area contributed by atoms with E-state index in [-0.39, 0.29) is 26.1 Å². The van der Waals surface area contributed by atoms with Gasteiger partial charge < -0.3 is 27.9 Å². The van der Waals surface area contributed by atoms with Crippen molar-refractivity contribution in [2.75, 3.05) is 47.5 Å². The highest BCUT2D eigenvalue weighted by Crippen LogP contribution is 2.38. The van der Waals surface area contributed by atoms with Gasteiger partial charge in [-0.2, -0.15) is 0 Å². The summed E-state index contributed by atoms with van der Waals surface area (Å²) >= 11 is 0. The Labute approximate surface area is 261 Å². The van der Waals surface area contributed by atoms with Crippen LogP contribution in [0.25, 0.3) is 0 Å². The lowest BCUT2D eigenvalue weighted by molar-refractivity contribution is -0.870. The van der Waals surface area contributed by atoms with Gasteiger partial charge in [0, 0.05) is 12.8 Å². The van der Waals surface area contributed by atoms with Crippen LogP contribution in [-0.2, 0) is 32.7 Å². The van der Waals surface area contributed by atoms with Gasteiger partial charge in [-0.15, -0.1) is 0 Å². The number of nitrogens with zero attached hydrogens (tertiary/aromatic N) is 1. The predicted molar refractivity (Wildman–Crippen MR) is 171 cm³/mol. The van der Waals surface area contributed by atoms with Gasteiger partial charge in [0.1, 0.15) is 19.8 Å². The third-order valence-corrected chi connectivity index (χ3v) is 7.08. The molecule has 0 rings (SSSR count). The van der Waals surface area contributed by atoms with Gasteiger partial charge in [0.25, 0.3) is 7.82 Å². The first-order chi connectivity index (χ1) is 20.5. The third kappa shape index (κ3) is 29.8. The van der Waals surface area contributed by atoms with E-state index in [4.69, 9.17) is 18.5 Å². The second-order valence-electron chi connectivity index (χ2n) is 11.4. The van der Waals surface area contributed by atoms with Crippen LogP contribution in [0.4, 0.5) is 0 Å². The summed E-state index contributed by atoms with van der Waals surface area (Å²) in [4.78, 5) is 36.7. The SMILES string of the molecule is CC/C=C\C/C=C\C/C=C\C/C=C\CCCCC(=O)OC(COC(=O)CCCCCC)COP(=O)([O-])OCC[N+](C)(C)C. The van der Waals surface area contributed by atoms with Crippen molar-refractivity contribution < 1.29 is 42.1 Å². The average Bonchev–Trinajstić information content (AvgIpc) is 2.94. The quantitative estimate of drug-likeness (QED) is 0.0315. The molecule has 248 valence electrons. The van der Waals surface area contributed by atoms with Gasteiger partial charge in [0.15, 0.2) is 6.10 Å². The van der Waals surface area contributed by atoms with E-state index in [1.807, 2.05) is 21.1 Å². The summed E-state index contributed by atoms with van der Waals surface area (Å²) in [5, 5.41) is 0. The predicted octanol–water partition coefficient (Wildman–Crippen LogP) is 6.99.